The molecule has 0 spiro atoms. The van der Waals surface area contributed by atoms with E-state index in [-0.39, 0.29) is 11.2 Å². The number of nitrogens with two attached hydrogens (primary N) is 1. The van der Waals surface area contributed by atoms with Crippen molar-refractivity contribution in [2.24, 2.45) is 11.1 Å². The van der Waals surface area contributed by atoms with Crippen LogP contribution in [-0.4, -0.2) is 6.54 Å². The summed E-state index contributed by atoms with van der Waals surface area (Å²) in [6.45, 7) is 0.623. The molecule has 94 valence electrons. The average molecular weight is 256 g/mol. The van der Waals surface area contributed by atoms with Gasteiger partial charge >= 0.3 is 0 Å². The lowest BCUT2D eigenvalue weighted by atomic mass is 9.70. The molecule has 0 aliphatic heterocycles. The summed E-state index contributed by atoms with van der Waals surface area (Å²) in [6.07, 6.45) is 6.52. The van der Waals surface area contributed by atoms with E-state index >= 15 is 0 Å². The Morgan fingerprint density at radius 2 is 1.94 bits per heavy atom. The highest BCUT2D eigenvalue weighted by atomic mass is 35.5. The molecule has 1 aliphatic rings. The molecule has 0 saturated heterocycles. The molecule has 2 rings (SSSR count). The van der Waals surface area contributed by atoms with Gasteiger partial charge in [-0.3, -0.25) is 0 Å². The van der Waals surface area contributed by atoms with Crippen LogP contribution in [0.2, 0.25) is 5.02 Å². The fourth-order valence-electron chi connectivity index (χ4n) is 2.83. The zero-order chi connectivity index (χ0) is 12.3. The molecule has 1 saturated carbocycles. The van der Waals surface area contributed by atoms with Gasteiger partial charge in [0.1, 0.15) is 5.82 Å². The van der Waals surface area contributed by atoms with E-state index in [9.17, 15) is 4.39 Å². The van der Waals surface area contributed by atoms with Crippen molar-refractivity contribution in [2.45, 2.75) is 38.5 Å². The predicted molar refractivity (Wildman–Crippen MR) is 69.7 cm³/mol. The number of hydrogen-bond donors (Lipinski definition) is 1. The quantitative estimate of drug-likeness (QED) is 0.870. The molecule has 1 aliphatic carbocycles. The minimum absolute atomic E-state index is 0.0596. The van der Waals surface area contributed by atoms with Gasteiger partial charge in [0.15, 0.2) is 0 Å². The molecule has 1 nitrogen and oxygen atoms in total. The van der Waals surface area contributed by atoms with E-state index in [1.54, 1.807) is 12.1 Å². The number of halogens is 2. The van der Waals surface area contributed by atoms with E-state index in [2.05, 4.69) is 0 Å². The molecule has 2 N–H and O–H groups in total. The highest BCUT2D eigenvalue weighted by Crippen LogP contribution is 2.40. The van der Waals surface area contributed by atoms with Gasteiger partial charge in [-0.05, 0) is 43.4 Å². The summed E-state index contributed by atoms with van der Waals surface area (Å²) in [7, 11) is 0. The van der Waals surface area contributed by atoms with Crippen LogP contribution in [0.5, 0.6) is 0 Å². The van der Waals surface area contributed by atoms with Crippen molar-refractivity contribution in [1.29, 1.82) is 0 Å². The van der Waals surface area contributed by atoms with Gasteiger partial charge in [0.05, 0.1) is 0 Å². The first-order chi connectivity index (χ1) is 8.17. The second kappa shape index (κ2) is 5.36. The first kappa shape index (κ1) is 12.8. The van der Waals surface area contributed by atoms with Crippen LogP contribution in [0.3, 0.4) is 0 Å². The van der Waals surface area contributed by atoms with Crippen molar-refractivity contribution in [3.05, 3.63) is 34.6 Å². The van der Waals surface area contributed by atoms with Gasteiger partial charge in [0.2, 0.25) is 0 Å². The van der Waals surface area contributed by atoms with Crippen molar-refractivity contribution in [3.63, 3.8) is 0 Å². The van der Waals surface area contributed by atoms with E-state index in [0.717, 1.165) is 12.8 Å². The summed E-state index contributed by atoms with van der Waals surface area (Å²) < 4.78 is 13.8. The second-order valence-electron chi connectivity index (χ2n) is 5.14. The summed E-state index contributed by atoms with van der Waals surface area (Å²) in [4.78, 5) is 0. The van der Waals surface area contributed by atoms with Crippen LogP contribution < -0.4 is 5.73 Å². The van der Waals surface area contributed by atoms with Crippen LogP contribution in [-0.2, 0) is 6.42 Å². The Morgan fingerprint density at radius 3 is 2.53 bits per heavy atom. The molecule has 17 heavy (non-hydrogen) atoms. The van der Waals surface area contributed by atoms with Crippen molar-refractivity contribution in [1.82, 2.24) is 0 Å². The Morgan fingerprint density at radius 1 is 1.24 bits per heavy atom. The largest absolute Gasteiger partial charge is 0.330 e. The molecule has 1 fully saturated rings. The lowest BCUT2D eigenvalue weighted by Crippen LogP contribution is -2.35. The van der Waals surface area contributed by atoms with Crippen molar-refractivity contribution in [3.8, 4) is 0 Å². The van der Waals surface area contributed by atoms with Gasteiger partial charge in [-0.25, -0.2) is 4.39 Å². The van der Waals surface area contributed by atoms with E-state index in [4.69, 9.17) is 17.3 Å². The van der Waals surface area contributed by atoms with Gasteiger partial charge in [0.25, 0.3) is 0 Å². The second-order valence-corrected chi connectivity index (χ2v) is 5.55. The maximum Gasteiger partial charge on any atom is 0.127 e. The van der Waals surface area contributed by atoms with Crippen LogP contribution in [0.4, 0.5) is 4.39 Å². The summed E-state index contributed by atoms with van der Waals surface area (Å²) >= 11 is 6.09. The SMILES string of the molecule is NCC1(Cc2c(F)cccc2Cl)CCCCC1. The molecule has 0 radical (unpaired) electrons. The van der Waals surface area contributed by atoms with E-state index in [0.29, 0.717) is 23.6 Å². The molecule has 1 aromatic carbocycles. The molecule has 0 atom stereocenters. The zero-order valence-electron chi connectivity index (χ0n) is 10.0. The van der Waals surface area contributed by atoms with Crippen LogP contribution in [0.1, 0.15) is 37.7 Å². The molecule has 0 heterocycles. The van der Waals surface area contributed by atoms with Crippen LogP contribution in [0.15, 0.2) is 18.2 Å². The Kier molecular flexibility index (Phi) is 4.05. The van der Waals surface area contributed by atoms with Crippen molar-refractivity contribution in [2.75, 3.05) is 6.54 Å². The van der Waals surface area contributed by atoms with Gasteiger partial charge in [-0.2, -0.15) is 0 Å². The molecule has 1 aromatic rings. The molecule has 0 amide bonds. The topological polar surface area (TPSA) is 26.0 Å². The van der Waals surface area contributed by atoms with E-state index in [1.807, 2.05) is 0 Å². The Hall–Kier alpha value is -0.600. The summed E-state index contributed by atoms with van der Waals surface area (Å²) in [5.41, 5.74) is 6.62. The predicted octanol–water partition coefficient (Wildman–Crippen LogP) is 3.93. The lowest BCUT2D eigenvalue weighted by molar-refractivity contribution is 0.195. The van der Waals surface area contributed by atoms with E-state index < -0.39 is 0 Å². The molecular formula is C14H19ClFN. The Bertz CT molecular complexity index is 366. The van der Waals surface area contributed by atoms with Gasteiger partial charge in [-0.15, -0.1) is 0 Å². The van der Waals surface area contributed by atoms with E-state index in [1.165, 1.54) is 25.3 Å². The molecule has 0 aromatic heterocycles. The zero-order valence-corrected chi connectivity index (χ0v) is 10.8. The maximum atomic E-state index is 13.8. The average Bonchev–Trinajstić information content (AvgIpc) is 2.35. The van der Waals surface area contributed by atoms with Gasteiger partial charge < -0.3 is 5.73 Å². The molecule has 0 bridgehead atoms. The third-order valence-electron chi connectivity index (χ3n) is 3.96. The molecular weight excluding hydrogens is 237 g/mol. The van der Waals surface area contributed by atoms with Crippen LogP contribution in [0.25, 0.3) is 0 Å². The van der Waals surface area contributed by atoms with Crippen molar-refractivity contribution >= 4 is 11.6 Å². The van der Waals surface area contributed by atoms with Crippen molar-refractivity contribution < 1.29 is 4.39 Å². The fourth-order valence-corrected chi connectivity index (χ4v) is 3.06. The third-order valence-corrected chi connectivity index (χ3v) is 4.31. The van der Waals surface area contributed by atoms with Crippen LogP contribution >= 0.6 is 11.6 Å². The van der Waals surface area contributed by atoms with Crippen LogP contribution in [0, 0.1) is 11.2 Å². The highest BCUT2D eigenvalue weighted by molar-refractivity contribution is 6.31. The lowest BCUT2D eigenvalue weighted by Gasteiger charge is -2.36. The number of hydrogen-bond acceptors (Lipinski definition) is 1. The van der Waals surface area contributed by atoms with Gasteiger partial charge in [0, 0.05) is 10.6 Å². The number of rotatable bonds is 3. The summed E-state index contributed by atoms with van der Waals surface area (Å²) in [6, 6.07) is 4.89. The Balaban J connectivity index is 2.23. The third kappa shape index (κ3) is 2.80. The fraction of sp³-hybridized carbons (Fsp3) is 0.571. The first-order valence-electron chi connectivity index (χ1n) is 6.30. The summed E-state index contributed by atoms with van der Waals surface area (Å²) in [5, 5.41) is 0.531. The standard InChI is InChI=1S/C14H19ClFN/c15-12-5-4-6-13(16)11(12)9-14(10-17)7-2-1-3-8-14/h4-6H,1-3,7-10,17H2. The smallest absolute Gasteiger partial charge is 0.127 e. The number of benzene rings is 1. The molecule has 0 unspecified atom stereocenters. The normalized spacial score (nSPS) is 19.2. The van der Waals surface area contributed by atoms with Gasteiger partial charge in [-0.1, -0.05) is 36.9 Å². The summed E-state index contributed by atoms with van der Waals surface area (Å²) in [5.74, 6) is -0.198. The Labute approximate surface area is 107 Å². The maximum absolute atomic E-state index is 13.8. The minimum Gasteiger partial charge on any atom is -0.330 e. The monoisotopic (exact) mass is 255 g/mol. The minimum atomic E-state index is -0.198. The molecule has 3 heteroatoms. The first-order valence-corrected chi connectivity index (χ1v) is 6.68. The highest BCUT2D eigenvalue weighted by Gasteiger charge is 2.32.